The molecule has 106 valence electrons. The van der Waals surface area contributed by atoms with Gasteiger partial charge >= 0.3 is 5.97 Å². The maximum Gasteiger partial charge on any atom is 0.325 e. The van der Waals surface area contributed by atoms with Crippen molar-refractivity contribution in [2.45, 2.75) is 39.8 Å². The Kier molecular flexibility index (Phi) is 4.95. The molecule has 0 aliphatic carbocycles. The molecule has 0 aromatic heterocycles. The van der Waals surface area contributed by atoms with Gasteiger partial charge in [0.05, 0.1) is 14.2 Å². The van der Waals surface area contributed by atoms with Gasteiger partial charge in [-0.2, -0.15) is 0 Å². The number of benzene rings is 1. The van der Waals surface area contributed by atoms with Crippen LogP contribution in [0.1, 0.15) is 30.5 Å². The Bertz CT molecular complexity index is 467. The van der Waals surface area contributed by atoms with E-state index in [1.54, 1.807) is 21.0 Å². The molecule has 4 heteroatoms. The molecule has 0 saturated heterocycles. The van der Waals surface area contributed by atoms with Crippen LogP contribution in [0.5, 0.6) is 5.75 Å². The molecule has 19 heavy (non-hydrogen) atoms. The second-order valence-electron chi connectivity index (χ2n) is 5.22. The van der Waals surface area contributed by atoms with Gasteiger partial charge in [-0.15, -0.1) is 0 Å². The van der Waals surface area contributed by atoms with Gasteiger partial charge < -0.3 is 9.47 Å². The monoisotopic (exact) mass is 265 g/mol. The maximum absolute atomic E-state index is 11.6. The van der Waals surface area contributed by atoms with Gasteiger partial charge in [0.25, 0.3) is 0 Å². The Balaban J connectivity index is 2.89. The second kappa shape index (κ2) is 6.06. The van der Waals surface area contributed by atoms with E-state index >= 15 is 0 Å². The van der Waals surface area contributed by atoms with Crippen molar-refractivity contribution in [3.05, 3.63) is 28.8 Å². The van der Waals surface area contributed by atoms with Crippen molar-refractivity contribution < 1.29 is 14.3 Å². The number of methoxy groups -OCH3 is 2. The Morgan fingerprint density at radius 1 is 1.21 bits per heavy atom. The molecule has 0 aliphatic heterocycles. The number of hydrogen-bond donors (Lipinski definition) is 1. The van der Waals surface area contributed by atoms with E-state index in [1.165, 1.54) is 18.2 Å². The van der Waals surface area contributed by atoms with Gasteiger partial charge in [-0.25, -0.2) is 0 Å². The van der Waals surface area contributed by atoms with Crippen molar-refractivity contribution in [1.82, 2.24) is 5.32 Å². The third-order valence-corrected chi connectivity index (χ3v) is 3.31. The minimum Gasteiger partial charge on any atom is -0.496 e. The van der Waals surface area contributed by atoms with Gasteiger partial charge in [0.1, 0.15) is 11.3 Å². The zero-order valence-corrected chi connectivity index (χ0v) is 12.6. The molecular weight excluding hydrogens is 242 g/mol. The number of rotatable bonds is 5. The van der Waals surface area contributed by atoms with E-state index < -0.39 is 5.54 Å². The molecule has 1 aromatic rings. The Morgan fingerprint density at radius 2 is 1.79 bits per heavy atom. The topological polar surface area (TPSA) is 47.6 Å². The van der Waals surface area contributed by atoms with Gasteiger partial charge in [0.2, 0.25) is 0 Å². The molecule has 0 heterocycles. The van der Waals surface area contributed by atoms with Crippen molar-refractivity contribution in [2.75, 3.05) is 14.2 Å². The maximum atomic E-state index is 11.6. The first-order chi connectivity index (χ1) is 8.81. The second-order valence-corrected chi connectivity index (χ2v) is 5.22. The third kappa shape index (κ3) is 3.70. The highest BCUT2D eigenvalue weighted by molar-refractivity contribution is 5.79. The van der Waals surface area contributed by atoms with Crippen LogP contribution >= 0.6 is 0 Å². The van der Waals surface area contributed by atoms with Gasteiger partial charge in [-0.3, -0.25) is 10.1 Å². The molecule has 1 rings (SSSR count). The molecule has 0 radical (unpaired) electrons. The molecule has 0 atom stereocenters. The lowest BCUT2D eigenvalue weighted by atomic mass is 10.0. The zero-order chi connectivity index (χ0) is 14.6. The van der Waals surface area contributed by atoms with Crippen LogP contribution in [0.2, 0.25) is 0 Å². The van der Waals surface area contributed by atoms with E-state index in [0.717, 1.165) is 11.3 Å². The van der Waals surface area contributed by atoms with Crippen molar-refractivity contribution in [3.8, 4) is 5.75 Å². The molecule has 0 fully saturated rings. The van der Waals surface area contributed by atoms with Crippen LogP contribution in [0.25, 0.3) is 0 Å². The van der Waals surface area contributed by atoms with Crippen LogP contribution < -0.4 is 10.1 Å². The quantitative estimate of drug-likeness (QED) is 0.830. The first-order valence-corrected chi connectivity index (χ1v) is 6.29. The van der Waals surface area contributed by atoms with Crippen molar-refractivity contribution in [2.24, 2.45) is 0 Å². The third-order valence-electron chi connectivity index (χ3n) is 3.31. The minimum absolute atomic E-state index is 0.282. The first-order valence-electron chi connectivity index (χ1n) is 6.29. The predicted molar refractivity (Wildman–Crippen MR) is 75.4 cm³/mol. The lowest BCUT2D eigenvalue weighted by Gasteiger charge is -2.24. The fraction of sp³-hybridized carbons (Fsp3) is 0.533. The molecule has 0 spiro atoms. The largest absolute Gasteiger partial charge is 0.496 e. The summed E-state index contributed by atoms with van der Waals surface area (Å²) in [5, 5.41) is 3.19. The molecular formula is C15H23NO3. The highest BCUT2D eigenvalue weighted by Gasteiger charge is 2.28. The lowest BCUT2D eigenvalue weighted by molar-refractivity contribution is -0.147. The summed E-state index contributed by atoms with van der Waals surface area (Å²) in [4.78, 5) is 11.6. The summed E-state index contributed by atoms with van der Waals surface area (Å²) in [7, 11) is 3.04. The Labute approximate surface area is 115 Å². The SMILES string of the molecule is COC(=O)C(C)(C)NCc1cc(C)c(C)cc1OC. The number of hydrogen-bond acceptors (Lipinski definition) is 4. The van der Waals surface area contributed by atoms with Gasteiger partial charge in [0.15, 0.2) is 0 Å². The van der Waals surface area contributed by atoms with Crippen LogP contribution in [-0.4, -0.2) is 25.7 Å². The molecule has 0 amide bonds. The number of carbonyl (C=O) groups excluding carboxylic acids is 1. The Hall–Kier alpha value is -1.55. The van der Waals surface area contributed by atoms with E-state index in [1.807, 2.05) is 13.0 Å². The fourth-order valence-electron chi connectivity index (χ4n) is 1.82. The summed E-state index contributed by atoms with van der Waals surface area (Å²) in [5.41, 5.74) is 2.70. The van der Waals surface area contributed by atoms with Crippen LogP contribution in [0.3, 0.4) is 0 Å². The summed E-state index contributed by atoms with van der Waals surface area (Å²) in [6.45, 7) is 8.25. The minimum atomic E-state index is -0.724. The van der Waals surface area contributed by atoms with Crippen LogP contribution in [-0.2, 0) is 16.1 Å². The van der Waals surface area contributed by atoms with Crippen LogP contribution in [0, 0.1) is 13.8 Å². The summed E-state index contributed by atoms with van der Waals surface area (Å²) >= 11 is 0. The number of nitrogens with one attached hydrogen (secondary N) is 1. The highest BCUT2D eigenvalue weighted by atomic mass is 16.5. The standard InChI is InChI=1S/C15H23NO3/c1-10-7-12(13(18-5)8-11(10)2)9-16-15(3,4)14(17)19-6/h7-8,16H,9H2,1-6H3. The molecule has 1 aromatic carbocycles. The Morgan fingerprint density at radius 3 is 2.32 bits per heavy atom. The van der Waals surface area contributed by atoms with Crippen molar-refractivity contribution in [3.63, 3.8) is 0 Å². The van der Waals surface area contributed by atoms with Gasteiger partial charge in [-0.05, 0) is 44.9 Å². The fourth-order valence-corrected chi connectivity index (χ4v) is 1.82. The summed E-state index contributed by atoms with van der Waals surface area (Å²) in [6.07, 6.45) is 0. The van der Waals surface area contributed by atoms with E-state index in [9.17, 15) is 4.79 Å². The average Bonchev–Trinajstić information content (AvgIpc) is 2.38. The summed E-state index contributed by atoms with van der Waals surface area (Å²) in [5.74, 6) is 0.548. The van der Waals surface area contributed by atoms with Crippen LogP contribution in [0.4, 0.5) is 0 Å². The average molecular weight is 265 g/mol. The zero-order valence-electron chi connectivity index (χ0n) is 12.6. The molecule has 0 aliphatic rings. The van der Waals surface area contributed by atoms with Crippen molar-refractivity contribution in [1.29, 1.82) is 0 Å². The highest BCUT2D eigenvalue weighted by Crippen LogP contribution is 2.23. The number of aryl methyl sites for hydroxylation is 2. The summed E-state index contributed by atoms with van der Waals surface area (Å²) in [6, 6.07) is 4.09. The van der Waals surface area contributed by atoms with E-state index in [2.05, 4.69) is 18.3 Å². The molecule has 0 unspecified atom stereocenters. The normalized spacial score (nSPS) is 11.3. The summed E-state index contributed by atoms with van der Waals surface area (Å²) < 4.78 is 10.1. The molecule has 0 saturated carbocycles. The number of carbonyl (C=O) groups is 1. The molecule has 4 nitrogen and oxygen atoms in total. The number of esters is 1. The van der Waals surface area contributed by atoms with Crippen molar-refractivity contribution >= 4 is 5.97 Å². The van der Waals surface area contributed by atoms with E-state index in [4.69, 9.17) is 9.47 Å². The van der Waals surface area contributed by atoms with E-state index in [-0.39, 0.29) is 5.97 Å². The smallest absolute Gasteiger partial charge is 0.325 e. The van der Waals surface area contributed by atoms with Gasteiger partial charge in [-0.1, -0.05) is 6.07 Å². The number of ether oxygens (including phenoxy) is 2. The first kappa shape index (κ1) is 15.5. The van der Waals surface area contributed by atoms with Crippen LogP contribution in [0.15, 0.2) is 12.1 Å². The van der Waals surface area contributed by atoms with Gasteiger partial charge in [0, 0.05) is 12.1 Å². The van der Waals surface area contributed by atoms with E-state index in [0.29, 0.717) is 6.54 Å². The predicted octanol–water partition coefficient (Wildman–Crippen LogP) is 2.35. The molecule has 0 bridgehead atoms. The molecule has 1 N–H and O–H groups in total. The lowest BCUT2D eigenvalue weighted by Crippen LogP contribution is -2.47.